The van der Waals surface area contributed by atoms with Crippen LogP contribution in [0.1, 0.15) is 16.7 Å². The summed E-state index contributed by atoms with van der Waals surface area (Å²) < 4.78 is 54.6. The quantitative estimate of drug-likeness (QED) is 0.718. The number of aliphatic imine (C=N–C) groups is 1. The number of sulfonamides is 1. The average molecular weight is 398 g/mol. The lowest BCUT2D eigenvalue weighted by atomic mass is 9.93. The van der Waals surface area contributed by atoms with Crippen molar-refractivity contribution in [3.05, 3.63) is 95.1 Å². The Labute approximate surface area is 161 Å². The Morgan fingerprint density at radius 2 is 1.54 bits per heavy atom. The molecule has 1 aliphatic rings. The van der Waals surface area contributed by atoms with Gasteiger partial charge in [-0.05, 0) is 36.2 Å². The molecule has 3 aromatic rings. The fraction of sp³-hybridized carbons (Fsp3) is 0.0952. The molecule has 7 heteroatoms. The van der Waals surface area contributed by atoms with Gasteiger partial charge in [0, 0.05) is 23.4 Å². The standard InChI is InChI=1S/C21H16F2N2O2S/c22-18-6-3-7-19(23)21(18)28(26,27)25-16-10-8-15(9-11-16)20-17-5-2-1-4-14(17)12-13-24-20/h1-11,25H,12-13H2. The molecule has 28 heavy (non-hydrogen) atoms. The van der Waals surface area contributed by atoms with Crippen LogP contribution < -0.4 is 4.72 Å². The molecule has 4 nitrogen and oxygen atoms in total. The highest BCUT2D eigenvalue weighted by atomic mass is 32.2. The minimum atomic E-state index is -4.39. The van der Waals surface area contributed by atoms with Crippen molar-refractivity contribution in [3.8, 4) is 0 Å². The number of anilines is 1. The van der Waals surface area contributed by atoms with Crippen molar-refractivity contribution < 1.29 is 17.2 Å². The maximum atomic E-state index is 13.8. The van der Waals surface area contributed by atoms with Crippen LogP contribution in [0.2, 0.25) is 0 Å². The molecule has 1 aliphatic heterocycles. The lowest BCUT2D eigenvalue weighted by Crippen LogP contribution is -2.17. The topological polar surface area (TPSA) is 58.5 Å². The minimum Gasteiger partial charge on any atom is -0.284 e. The Kier molecular flexibility index (Phi) is 4.68. The number of nitrogens with zero attached hydrogens (tertiary/aromatic N) is 1. The van der Waals surface area contributed by atoms with Crippen LogP contribution in [0, 0.1) is 11.6 Å². The first-order valence-corrected chi connectivity index (χ1v) is 10.1. The highest BCUT2D eigenvalue weighted by Gasteiger charge is 2.24. The van der Waals surface area contributed by atoms with Gasteiger partial charge in [-0.15, -0.1) is 0 Å². The summed E-state index contributed by atoms with van der Waals surface area (Å²) in [6.45, 7) is 0.688. The fourth-order valence-electron chi connectivity index (χ4n) is 3.23. The number of nitrogens with one attached hydrogen (secondary N) is 1. The first-order valence-electron chi connectivity index (χ1n) is 8.66. The van der Waals surface area contributed by atoms with Crippen LogP contribution in [-0.4, -0.2) is 20.7 Å². The molecule has 0 fully saturated rings. The molecule has 0 unspecified atom stereocenters. The molecule has 0 saturated carbocycles. The largest absolute Gasteiger partial charge is 0.284 e. The minimum absolute atomic E-state index is 0.205. The second kappa shape index (κ2) is 7.16. The van der Waals surface area contributed by atoms with E-state index in [-0.39, 0.29) is 5.69 Å². The van der Waals surface area contributed by atoms with Crippen LogP contribution in [0.4, 0.5) is 14.5 Å². The van der Waals surface area contributed by atoms with E-state index in [0.29, 0.717) is 6.54 Å². The third kappa shape index (κ3) is 3.41. The normalized spacial score (nSPS) is 13.6. The van der Waals surface area contributed by atoms with Gasteiger partial charge in [-0.3, -0.25) is 9.71 Å². The summed E-state index contributed by atoms with van der Waals surface area (Å²) in [4.78, 5) is 3.60. The molecule has 0 spiro atoms. The molecule has 0 radical (unpaired) electrons. The number of fused-ring (bicyclic) bond motifs is 1. The third-order valence-electron chi connectivity index (χ3n) is 4.52. The fourth-order valence-corrected chi connectivity index (χ4v) is 4.43. The molecule has 4 rings (SSSR count). The second-order valence-electron chi connectivity index (χ2n) is 6.37. The van der Waals surface area contributed by atoms with Crippen molar-refractivity contribution >= 4 is 21.4 Å². The first-order chi connectivity index (χ1) is 13.5. The van der Waals surface area contributed by atoms with E-state index >= 15 is 0 Å². The Hall–Kier alpha value is -3.06. The van der Waals surface area contributed by atoms with Gasteiger partial charge in [0.1, 0.15) is 11.6 Å². The van der Waals surface area contributed by atoms with Gasteiger partial charge in [0.15, 0.2) is 4.90 Å². The van der Waals surface area contributed by atoms with Crippen LogP contribution in [0.3, 0.4) is 0 Å². The van der Waals surface area contributed by atoms with E-state index in [0.717, 1.165) is 41.5 Å². The summed E-state index contributed by atoms with van der Waals surface area (Å²) in [6.07, 6.45) is 0.881. The van der Waals surface area contributed by atoms with Gasteiger partial charge in [-0.2, -0.15) is 0 Å². The molecular weight excluding hydrogens is 382 g/mol. The number of hydrogen-bond acceptors (Lipinski definition) is 3. The zero-order valence-corrected chi connectivity index (χ0v) is 15.5. The smallest absolute Gasteiger partial charge is 0.267 e. The van der Waals surface area contributed by atoms with Crippen molar-refractivity contribution in [2.45, 2.75) is 11.3 Å². The van der Waals surface area contributed by atoms with Gasteiger partial charge in [0.05, 0.1) is 5.71 Å². The highest BCUT2D eigenvalue weighted by Crippen LogP contribution is 2.24. The summed E-state index contributed by atoms with van der Waals surface area (Å²) in [7, 11) is -4.39. The molecule has 0 saturated heterocycles. The summed E-state index contributed by atoms with van der Waals surface area (Å²) in [5.74, 6) is -2.28. The maximum absolute atomic E-state index is 13.8. The van der Waals surface area contributed by atoms with E-state index in [1.807, 2.05) is 18.2 Å². The first kappa shape index (κ1) is 18.3. The number of rotatable bonds is 4. The zero-order chi connectivity index (χ0) is 19.7. The SMILES string of the molecule is O=S(=O)(Nc1ccc(C2=NCCc3ccccc32)cc1)c1c(F)cccc1F. The van der Waals surface area contributed by atoms with E-state index in [1.165, 1.54) is 5.56 Å². The monoisotopic (exact) mass is 398 g/mol. The molecule has 3 aromatic carbocycles. The van der Waals surface area contributed by atoms with Gasteiger partial charge in [0.25, 0.3) is 10.0 Å². The molecular formula is C21H16F2N2O2S. The summed E-state index contributed by atoms with van der Waals surface area (Å²) >= 11 is 0. The van der Waals surface area contributed by atoms with E-state index in [2.05, 4.69) is 15.8 Å². The van der Waals surface area contributed by atoms with Crippen molar-refractivity contribution in [3.63, 3.8) is 0 Å². The summed E-state index contributed by atoms with van der Waals surface area (Å²) in [5, 5.41) is 0. The van der Waals surface area contributed by atoms with Gasteiger partial charge in [0.2, 0.25) is 0 Å². The molecule has 142 valence electrons. The molecule has 1 heterocycles. The van der Waals surface area contributed by atoms with Crippen LogP contribution in [0.5, 0.6) is 0 Å². The molecule has 0 aliphatic carbocycles. The number of hydrogen-bond donors (Lipinski definition) is 1. The Balaban J connectivity index is 1.62. The molecule has 1 N–H and O–H groups in total. The van der Waals surface area contributed by atoms with Gasteiger partial charge in [-0.25, -0.2) is 17.2 Å². The van der Waals surface area contributed by atoms with Crippen molar-refractivity contribution in [2.75, 3.05) is 11.3 Å². The van der Waals surface area contributed by atoms with Crippen molar-refractivity contribution in [2.24, 2.45) is 4.99 Å². The predicted molar refractivity (Wildman–Crippen MR) is 104 cm³/mol. The Bertz CT molecular complexity index is 1150. The van der Waals surface area contributed by atoms with Gasteiger partial charge >= 0.3 is 0 Å². The number of halogens is 2. The predicted octanol–water partition coefficient (Wildman–Crippen LogP) is 4.16. The van der Waals surface area contributed by atoms with E-state index in [4.69, 9.17) is 0 Å². The van der Waals surface area contributed by atoms with E-state index in [9.17, 15) is 17.2 Å². The van der Waals surface area contributed by atoms with E-state index < -0.39 is 26.6 Å². The number of benzene rings is 3. The van der Waals surface area contributed by atoms with E-state index in [1.54, 1.807) is 24.3 Å². The van der Waals surface area contributed by atoms with Crippen LogP contribution in [-0.2, 0) is 16.4 Å². The lowest BCUT2D eigenvalue weighted by molar-refractivity contribution is 0.521. The zero-order valence-electron chi connectivity index (χ0n) is 14.7. The highest BCUT2D eigenvalue weighted by molar-refractivity contribution is 7.92. The molecule has 0 amide bonds. The van der Waals surface area contributed by atoms with Crippen molar-refractivity contribution in [1.82, 2.24) is 0 Å². The Morgan fingerprint density at radius 1 is 0.857 bits per heavy atom. The maximum Gasteiger partial charge on any atom is 0.267 e. The molecule has 0 aromatic heterocycles. The summed E-state index contributed by atoms with van der Waals surface area (Å²) in [5.41, 5.74) is 4.16. The van der Waals surface area contributed by atoms with Crippen molar-refractivity contribution in [1.29, 1.82) is 0 Å². The molecule has 0 atom stereocenters. The van der Waals surface area contributed by atoms with Crippen LogP contribution >= 0.6 is 0 Å². The average Bonchev–Trinajstić information content (AvgIpc) is 2.67. The lowest BCUT2D eigenvalue weighted by Gasteiger charge is -2.17. The second-order valence-corrected chi connectivity index (χ2v) is 7.99. The van der Waals surface area contributed by atoms with Crippen LogP contribution in [0.15, 0.2) is 76.6 Å². The van der Waals surface area contributed by atoms with Gasteiger partial charge < -0.3 is 0 Å². The summed E-state index contributed by atoms with van der Waals surface area (Å²) in [6, 6.07) is 17.5. The third-order valence-corrected chi connectivity index (χ3v) is 5.95. The molecule has 0 bridgehead atoms. The van der Waals surface area contributed by atoms with Crippen LogP contribution in [0.25, 0.3) is 0 Å². The van der Waals surface area contributed by atoms with Gasteiger partial charge in [-0.1, -0.05) is 42.5 Å². The Morgan fingerprint density at radius 3 is 2.25 bits per heavy atom.